The Kier molecular flexibility index (Phi) is 4.55. The molecule has 0 saturated carbocycles. The van der Waals surface area contributed by atoms with Crippen LogP contribution in [0.25, 0.3) is 0 Å². The molecule has 1 aliphatic rings. The van der Waals surface area contributed by atoms with E-state index < -0.39 is 0 Å². The van der Waals surface area contributed by atoms with Crippen molar-refractivity contribution in [2.45, 2.75) is 32.4 Å². The smallest absolute Gasteiger partial charge is 0.276 e. The monoisotopic (exact) mass is 267 g/mol. The highest BCUT2D eigenvalue weighted by atomic mass is 16.5. The van der Waals surface area contributed by atoms with Gasteiger partial charge in [-0.05, 0) is 13.3 Å². The van der Waals surface area contributed by atoms with Crippen molar-refractivity contribution < 1.29 is 14.4 Å². The van der Waals surface area contributed by atoms with E-state index in [2.05, 4.69) is 17.0 Å². The van der Waals surface area contributed by atoms with Gasteiger partial charge in [0.25, 0.3) is 5.91 Å². The Hall–Kier alpha value is -1.40. The Morgan fingerprint density at radius 1 is 1.63 bits per heavy atom. The summed E-state index contributed by atoms with van der Waals surface area (Å²) < 4.78 is 4.71. The minimum absolute atomic E-state index is 0.0797. The van der Waals surface area contributed by atoms with Crippen LogP contribution in [0.3, 0.4) is 0 Å². The fourth-order valence-corrected chi connectivity index (χ4v) is 2.53. The van der Waals surface area contributed by atoms with Crippen molar-refractivity contribution in [1.82, 2.24) is 15.0 Å². The molecule has 0 unspecified atom stereocenters. The first kappa shape index (κ1) is 14.0. The van der Waals surface area contributed by atoms with Crippen LogP contribution in [-0.2, 0) is 0 Å². The maximum Gasteiger partial charge on any atom is 0.276 e. The highest BCUT2D eigenvalue weighted by Gasteiger charge is 2.30. The standard InChI is InChI=1S/C13H21N3O3/c1-3-11-9-16(6-5-15(11)8-10(2)17)13(18)12-4-7-19-14-12/h4,7,10-11,17H,3,5-6,8-9H2,1-2H3/t10-,11-/m0/s1. The Morgan fingerprint density at radius 2 is 2.42 bits per heavy atom. The first-order valence-corrected chi connectivity index (χ1v) is 6.73. The average molecular weight is 267 g/mol. The number of hydrogen-bond acceptors (Lipinski definition) is 5. The summed E-state index contributed by atoms with van der Waals surface area (Å²) in [7, 11) is 0. The number of aliphatic hydroxyl groups excluding tert-OH is 1. The van der Waals surface area contributed by atoms with Gasteiger partial charge in [0.1, 0.15) is 6.26 Å². The number of rotatable bonds is 4. The second-order valence-corrected chi connectivity index (χ2v) is 5.04. The van der Waals surface area contributed by atoms with Crippen LogP contribution in [0.1, 0.15) is 30.8 Å². The predicted molar refractivity (Wildman–Crippen MR) is 69.7 cm³/mol. The third-order valence-electron chi connectivity index (χ3n) is 3.52. The van der Waals surface area contributed by atoms with Crippen molar-refractivity contribution in [3.8, 4) is 0 Å². The van der Waals surface area contributed by atoms with Gasteiger partial charge in [0, 0.05) is 38.3 Å². The molecule has 0 radical (unpaired) electrons. The van der Waals surface area contributed by atoms with Gasteiger partial charge >= 0.3 is 0 Å². The zero-order valence-corrected chi connectivity index (χ0v) is 11.5. The maximum atomic E-state index is 12.2. The molecule has 6 nitrogen and oxygen atoms in total. The van der Waals surface area contributed by atoms with Gasteiger partial charge in [0.15, 0.2) is 5.69 Å². The van der Waals surface area contributed by atoms with Crippen molar-refractivity contribution in [1.29, 1.82) is 0 Å². The van der Waals surface area contributed by atoms with Crippen LogP contribution in [0.15, 0.2) is 16.9 Å². The molecular weight excluding hydrogens is 246 g/mol. The summed E-state index contributed by atoms with van der Waals surface area (Å²) in [6.45, 7) is 6.67. The molecule has 1 saturated heterocycles. The van der Waals surface area contributed by atoms with E-state index in [-0.39, 0.29) is 12.0 Å². The predicted octanol–water partition coefficient (Wildman–Crippen LogP) is 0.592. The summed E-state index contributed by atoms with van der Waals surface area (Å²) >= 11 is 0. The second kappa shape index (κ2) is 6.16. The average Bonchev–Trinajstić information content (AvgIpc) is 2.91. The number of aliphatic hydroxyl groups is 1. The highest BCUT2D eigenvalue weighted by Crippen LogP contribution is 2.15. The lowest BCUT2D eigenvalue weighted by atomic mass is 10.1. The molecule has 1 aromatic heterocycles. The number of amides is 1. The Labute approximate surface area is 113 Å². The molecule has 2 atom stereocenters. The molecule has 106 valence electrons. The molecule has 19 heavy (non-hydrogen) atoms. The molecule has 0 spiro atoms. The van der Waals surface area contributed by atoms with Crippen LogP contribution in [0.4, 0.5) is 0 Å². The summed E-state index contributed by atoms with van der Waals surface area (Å²) in [4.78, 5) is 16.2. The van der Waals surface area contributed by atoms with E-state index in [0.29, 0.717) is 31.4 Å². The molecule has 6 heteroatoms. The van der Waals surface area contributed by atoms with Gasteiger partial charge in [-0.25, -0.2) is 0 Å². The first-order valence-electron chi connectivity index (χ1n) is 6.73. The van der Waals surface area contributed by atoms with Gasteiger partial charge in [0.2, 0.25) is 0 Å². The Bertz CT molecular complexity index is 405. The maximum absolute atomic E-state index is 12.2. The quantitative estimate of drug-likeness (QED) is 0.864. The number of β-amino-alcohol motifs (C(OH)–C–C–N with tert-alkyl or cyclic N) is 1. The van der Waals surface area contributed by atoms with Crippen LogP contribution < -0.4 is 0 Å². The number of carbonyl (C=O) groups excluding carboxylic acids is 1. The largest absolute Gasteiger partial charge is 0.392 e. The van der Waals surface area contributed by atoms with Crippen molar-refractivity contribution in [2.24, 2.45) is 0 Å². The molecule has 2 rings (SSSR count). The first-order chi connectivity index (χ1) is 9.11. The molecular formula is C13H21N3O3. The third kappa shape index (κ3) is 3.33. The third-order valence-corrected chi connectivity index (χ3v) is 3.52. The van der Waals surface area contributed by atoms with Crippen LogP contribution in [0, 0.1) is 0 Å². The summed E-state index contributed by atoms with van der Waals surface area (Å²) in [6, 6.07) is 1.88. The molecule has 1 N–H and O–H groups in total. The number of nitrogens with zero attached hydrogens (tertiary/aromatic N) is 3. The van der Waals surface area contributed by atoms with Gasteiger partial charge in [-0.3, -0.25) is 9.69 Å². The molecule has 1 amide bonds. The molecule has 1 aromatic rings. The van der Waals surface area contributed by atoms with E-state index in [4.69, 9.17) is 4.52 Å². The lowest BCUT2D eigenvalue weighted by molar-refractivity contribution is 0.0304. The van der Waals surface area contributed by atoms with Gasteiger partial charge in [0.05, 0.1) is 6.10 Å². The topological polar surface area (TPSA) is 69.8 Å². The molecule has 0 aliphatic carbocycles. The lowest BCUT2D eigenvalue weighted by Gasteiger charge is -2.41. The van der Waals surface area contributed by atoms with Crippen molar-refractivity contribution >= 4 is 5.91 Å². The minimum Gasteiger partial charge on any atom is -0.392 e. The van der Waals surface area contributed by atoms with E-state index in [1.54, 1.807) is 13.0 Å². The van der Waals surface area contributed by atoms with E-state index in [9.17, 15) is 9.90 Å². The van der Waals surface area contributed by atoms with Gasteiger partial charge in [-0.1, -0.05) is 12.1 Å². The summed E-state index contributed by atoms with van der Waals surface area (Å²) in [5.74, 6) is -0.0797. The lowest BCUT2D eigenvalue weighted by Crippen LogP contribution is -2.55. The molecule has 0 aromatic carbocycles. The minimum atomic E-state index is -0.341. The van der Waals surface area contributed by atoms with E-state index in [0.717, 1.165) is 13.0 Å². The number of aromatic nitrogens is 1. The van der Waals surface area contributed by atoms with Crippen LogP contribution in [0.2, 0.25) is 0 Å². The number of piperazine rings is 1. The Morgan fingerprint density at radius 3 is 3.00 bits per heavy atom. The van der Waals surface area contributed by atoms with Gasteiger partial charge in [-0.2, -0.15) is 0 Å². The number of hydrogen-bond donors (Lipinski definition) is 1. The highest BCUT2D eigenvalue weighted by molar-refractivity contribution is 5.92. The van der Waals surface area contributed by atoms with Gasteiger partial charge < -0.3 is 14.5 Å². The van der Waals surface area contributed by atoms with Crippen molar-refractivity contribution in [2.75, 3.05) is 26.2 Å². The van der Waals surface area contributed by atoms with E-state index >= 15 is 0 Å². The zero-order chi connectivity index (χ0) is 13.8. The van der Waals surface area contributed by atoms with Crippen LogP contribution >= 0.6 is 0 Å². The van der Waals surface area contributed by atoms with E-state index in [1.165, 1.54) is 6.26 Å². The van der Waals surface area contributed by atoms with Crippen molar-refractivity contribution in [3.63, 3.8) is 0 Å². The fourth-order valence-electron chi connectivity index (χ4n) is 2.53. The van der Waals surface area contributed by atoms with Crippen molar-refractivity contribution in [3.05, 3.63) is 18.0 Å². The zero-order valence-electron chi connectivity index (χ0n) is 11.5. The normalized spacial score (nSPS) is 22.5. The molecule has 1 aliphatic heterocycles. The molecule has 0 bridgehead atoms. The van der Waals surface area contributed by atoms with Gasteiger partial charge in [-0.15, -0.1) is 0 Å². The molecule has 1 fully saturated rings. The Balaban J connectivity index is 1.98. The summed E-state index contributed by atoms with van der Waals surface area (Å²) in [5, 5.41) is 13.2. The second-order valence-electron chi connectivity index (χ2n) is 5.04. The van der Waals surface area contributed by atoms with E-state index in [1.807, 2.05) is 4.90 Å². The fraction of sp³-hybridized carbons (Fsp3) is 0.692. The summed E-state index contributed by atoms with van der Waals surface area (Å²) in [5.41, 5.74) is 0.360. The van der Waals surface area contributed by atoms with Crippen LogP contribution in [0.5, 0.6) is 0 Å². The SMILES string of the molecule is CC[C@H]1CN(C(=O)c2ccon2)CCN1C[C@H](C)O. The molecule has 2 heterocycles. The number of carbonyl (C=O) groups is 1. The van der Waals surface area contributed by atoms with Crippen LogP contribution in [-0.4, -0.2) is 64.3 Å². The summed E-state index contributed by atoms with van der Waals surface area (Å²) in [6.07, 6.45) is 2.02.